The smallest absolute Gasteiger partial charge is 0.225 e. The highest BCUT2D eigenvalue weighted by Gasteiger charge is 2.05. The Bertz CT molecular complexity index is 601. The van der Waals surface area contributed by atoms with Gasteiger partial charge in [-0.1, -0.05) is 12.1 Å². The highest BCUT2D eigenvalue weighted by molar-refractivity contribution is 7.99. The highest BCUT2D eigenvalue weighted by atomic mass is 32.2. The minimum absolute atomic E-state index is 0.0595. The van der Waals surface area contributed by atoms with Crippen molar-refractivity contribution in [2.24, 2.45) is 0 Å². The Hall–Kier alpha value is -1.46. The molecule has 0 spiro atoms. The van der Waals surface area contributed by atoms with E-state index in [0.717, 1.165) is 10.6 Å². The van der Waals surface area contributed by atoms with Gasteiger partial charge in [-0.3, -0.25) is 4.79 Å². The van der Waals surface area contributed by atoms with Crippen LogP contribution >= 0.6 is 23.5 Å². The van der Waals surface area contributed by atoms with Gasteiger partial charge in [0.25, 0.3) is 0 Å². The van der Waals surface area contributed by atoms with Crippen LogP contribution in [-0.4, -0.2) is 17.9 Å². The fraction of sp³-hybridized carbons (Fsp3) is 0.188. The lowest BCUT2D eigenvalue weighted by molar-refractivity contribution is -0.115. The molecule has 0 bridgehead atoms. The van der Waals surface area contributed by atoms with Gasteiger partial charge >= 0.3 is 0 Å². The first-order chi connectivity index (χ1) is 10.2. The van der Waals surface area contributed by atoms with E-state index >= 15 is 0 Å². The van der Waals surface area contributed by atoms with Gasteiger partial charge in [-0.2, -0.15) is 0 Å². The number of thioether (sulfide) groups is 2. The summed E-state index contributed by atoms with van der Waals surface area (Å²) in [4.78, 5) is 13.6. The zero-order chi connectivity index (χ0) is 15.1. The van der Waals surface area contributed by atoms with Gasteiger partial charge in [0.2, 0.25) is 5.91 Å². The molecule has 0 saturated carbocycles. The van der Waals surface area contributed by atoms with E-state index in [9.17, 15) is 9.18 Å². The summed E-state index contributed by atoms with van der Waals surface area (Å²) in [6.07, 6.45) is 2.36. The molecule has 0 heterocycles. The van der Waals surface area contributed by atoms with Gasteiger partial charge in [-0.15, -0.1) is 23.5 Å². The molecule has 0 saturated heterocycles. The molecule has 2 aromatic rings. The van der Waals surface area contributed by atoms with Crippen molar-refractivity contribution in [3.63, 3.8) is 0 Å². The van der Waals surface area contributed by atoms with Crippen molar-refractivity contribution in [2.45, 2.75) is 16.2 Å². The summed E-state index contributed by atoms with van der Waals surface area (Å²) in [6.45, 7) is 0. The Morgan fingerprint density at radius 2 is 1.86 bits per heavy atom. The molecule has 0 aliphatic heterocycles. The Balaban J connectivity index is 1.78. The second-order valence-corrected chi connectivity index (χ2v) is 6.32. The zero-order valence-corrected chi connectivity index (χ0v) is 13.3. The topological polar surface area (TPSA) is 29.1 Å². The lowest BCUT2D eigenvalue weighted by Crippen LogP contribution is -2.12. The predicted molar refractivity (Wildman–Crippen MR) is 88.6 cm³/mol. The predicted octanol–water partition coefficient (Wildman–Crippen LogP) is 4.67. The molecule has 1 N–H and O–H groups in total. The monoisotopic (exact) mass is 321 g/mol. The van der Waals surface area contributed by atoms with Gasteiger partial charge in [0.1, 0.15) is 5.82 Å². The maximum atomic E-state index is 13.4. The summed E-state index contributed by atoms with van der Waals surface area (Å²) in [6, 6.07) is 14.3. The molecule has 0 aliphatic rings. The number of hydrogen-bond acceptors (Lipinski definition) is 3. The molecule has 2 aromatic carbocycles. The molecule has 0 aliphatic carbocycles. The lowest BCUT2D eigenvalue weighted by atomic mass is 10.3. The van der Waals surface area contributed by atoms with Gasteiger partial charge < -0.3 is 5.32 Å². The molecule has 0 unspecified atom stereocenters. The van der Waals surface area contributed by atoms with E-state index in [1.54, 1.807) is 30.0 Å². The summed E-state index contributed by atoms with van der Waals surface area (Å²) < 4.78 is 13.4. The molecular weight excluding hydrogens is 305 g/mol. The summed E-state index contributed by atoms with van der Waals surface area (Å²) in [5.74, 6) is 0.252. The first-order valence-electron chi connectivity index (χ1n) is 6.50. The van der Waals surface area contributed by atoms with Crippen molar-refractivity contribution < 1.29 is 9.18 Å². The molecule has 5 heteroatoms. The maximum Gasteiger partial charge on any atom is 0.225 e. The summed E-state index contributed by atoms with van der Waals surface area (Å²) in [7, 11) is 0. The largest absolute Gasteiger partial charge is 0.326 e. The quantitative estimate of drug-likeness (QED) is 0.784. The van der Waals surface area contributed by atoms with Crippen molar-refractivity contribution in [3.8, 4) is 0 Å². The summed E-state index contributed by atoms with van der Waals surface area (Å²) >= 11 is 3.01. The van der Waals surface area contributed by atoms with E-state index in [1.807, 2.05) is 30.5 Å². The van der Waals surface area contributed by atoms with Crippen LogP contribution in [0.2, 0.25) is 0 Å². The second kappa shape index (κ2) is 8.10. The minimum Gasteiger partial charge on any atom is -0.326 e. The molecule has 2 rings (SSSR count). The molecule has 21 heavy (non-hydrogen) atoms. The molecule has 0 atom stereocenters. The first-order valence-corrected chi connectivity index (χ1v) is 8.71. The third-order valence-corrected chi connectivity index (χ3v) is 4.59. The summed E-state index contributed by atoms with van der Waals surface area (Å²) in [5.41, 5.74) is 0.786. The number of carbonyl (C=O) groups is 1. The molecule has 0 radical (unpaired) electrons. The fourth-order valence-corrected chi connectivity index (χ4v) is 3.01. The molecule has 1 amide bonds. The van der Waals surface area contributed by atoms with Crippen molar-refractivity contribution >= 4 is 35.1 Å². The lowest BCUT2D eigenvalue weighted by Gasteiger charge is -2.06. The molecule has 0 aromatic heterocycles. The van der Waals surface area contributed by atoms with Crippen LogP contribution < -0.4 is 5.32 Å². The highest BCUT2D eigenvalue weighted by Crippen LogP contribution is 2.22. The van der Waals surface area contributed by atoms with Crippen molar-refractivity contribution in [1.82, 2.24) is 0 Å². The first kappa shape index (κ1) is 15.9. The normalized spacial score (nSPS) is 10.4. The van der Waals surface area contributed by atoms with Crippen LogP contribution in [-0.2, 0) is 4.79 Å². The van der Waals surface area contributed by atoms with Gasteiger partial charge in [0.05, 0.1) is 0 Å². The maximum absolute atomic E-state index is 13.4. The van der Waals surface area contributed by atoms with Crippen molar-refractivity contribution in [2.75, 3.05) is 17.3 Å². The third kappa shape index (κ3) is 5.10. The van der Waals surface area contributed by atoms with Gasteiger partial charge in [0, 0.05) is 27.7 Å². The van der Waals surface area contributed by atoms with Crippen molar-refractivity contribution in [1.29, 1.82) is 0 Å². The Kier molecular flexibility index (Phi) is 6.14. The third-order valence-electron chi connectivity index (χ3n) is 2.80. The molecule has 2 nitrogen and oxygen atoms in total. The molecular formula is C16H16FNOS2. The van der Waals surface area contributed by atoms with E-state index in [-0.39, 0.29) is 11.7 Å². The number of anilines is 1. The van der Waals surface area contributed by atoms with Crippen LogP contribution in [0.3, 0.4) is 0 Å². The number of hydrogen-bond donors (Lipinski definition) is 1. The summed E-state index contributed by atoms with van der Waals surface area (Å²) in [5, 5.41) is 2.84. The van der Waals surface area contributed by atoms with Gasteiger partial charge in [-0.05, 0) is 42.7 Å². The van der Waals surface area contributed by atoms with E-state index in [1.165, 1.54) is 17.8 Å². The van der Waals surface area contributed by atoms with Gasteiger partial charge in [0.15, 0.2) is 0 Å². The van der Waals surface area contributed by atoms with E-state index in [2.05, 4.69) is 5.32 Å². The van der Waals surface area contributed by atoms with E-state index in [0.29, 0.717) is 17.1 Å². The van der Waals surface area contributed by atoms with Crippen LogP contribution in [0.5, 0.6) is 0 Å². The van der Waals surface area contributed by atoms with E-state index < -0.39 is 0 Å². The minimum atomic E-state index is -0.240. The molecule has 110 valence electrons. The standard InChI is InChI=1S/C16H16FNOS2/c1-20-13-8-6-12(7-9-13)18-16(19)10-11-21-15-5-3-2-4-14(15)17/h2-9H,10-11H2,1H3,(H,18,19). The van der Waals surface area contributed by atoms with Crippen LogP contribution in [0, 0.1) is 5.82 Å². The Labute approximate surface area is 132 Å². The Morgan fingerprint density at radius 1 is 1.14 bits per heavy atom. The average molecular weight is 321 g/mol. The van der Waals surface area contributed by atoms with Crippen LogP contribution in [0.4, 0.5) is 10.1 Å². The Morgan fingerprint density at radius 3 is 2.52 bits per heavy atom. The number of amides is 1. The van der Waals surface area contributed by atoms with Gasteiger partial charge in [-0.25, -0.2) is 4.39 Å². The number of nitrogens with one attached hydrogen (secondary N) is 1. The number of halogens is 1. The van der Waals surface area contributed by atoms with Crippen LogP contribution in [0.15, 0.2) is 58.3 Å². The van der Waals surface area contributed by atoms with Crippen molar-refractivity contribution in [3.05, 3.63) is 54.3 Å². The SMILES string of the molecule is CSc1ccc(NC(=O)CCSc2ccccc2F)cc1. The number of rotatable bonds is 6. The van der Waals surface area contributed by atoms with E-state index in [4.69, 9.17) is 0 Å². The number of carbonyl (C=O) groups excluding carboxylic acids is 1. The fourth-order valence-electron chi connectivity index (χ4n) is 1.71. The number of benzene rings is 2. The second-order valence-electron chi connectivity index (χ2n) is 4.31. The van der Waals surface area contributed by atoms with Crippen LogP contribution in [0.1, 0.15) is 6.42 Å². The average Bonchev–Trinajstić information content (AvgIpc) is 2.50. The molecule has 0 fully saturated rings. The zero-order valence-electron chi connectivity index (χ0n) is 11.6. The van der Waals surface area contributed by atoms with Crippen LogP contribution in [0.25, 0.3) is 0 Å².